The standard InChI is InChI=1S/C11H8F2N4/c1-17-8(4-5-14-17)11-15-7-3-2-6(12)9(13)10(7)16-11/h2-5H,1H3,(H,15,16). The molecule has 1 aromatic carbocycles. The van der Waals surface area contributed by atoms with Crippen molar-refractivity contribution in [1.29, 1.82) is 0 Å². The maximum Gasteiger partial charge on any atom is 0.186 e. The van der Waals surface area contributed by atoms with Gasteiger partial charge in [-0.15, -0.1) is 0 Å². The molecule has 0 bridgehead atoms. The summed E-state index contributed by atoms with van der Waals surface area (Å²) >= 11 is 0. The van der Waals surface area contributed by atoms with E-state index in [0.29, 0.717) is 17.0 Å². The molecule has 0 aliphatic rings. The Labute approximate surface area is 94.9 Å². The fourth-order valence-electron chi connectivity index (χ4n) is 1.74. The van der Waals surface area contributed by atoms with Crippen molar-refractivity contribution >= 4 is 11.0 Å². The lowest BCUT2D eigenvalue weighted by Crippen LogP contribution is -1.94. The average molecular weight is 234 g/mol. The van der Waals surface area contributed by atoms with Crippen LogP contribution in [0.1, 0.15) is 0 Å². The lowest BCUT2D eigenvalue weighted by molar-refractivity contribution is 0.515. The second-order valence-electron chi connectivity index (χ2n) is 3.68. The molecule has 3 aromatic rings. The van der Waals surface area contributed by atoms with Crippen LogP contribution < -0.4 is 0 Å². The number of hydrogen-bond acceptors (Lipinski definition) is 2. The van der Waals surface area contributed by atoms with Crippen LogP contribution in [-0.2, 0) is 7.05 Å². The Morgan fingerprint density at radius 1 is 1.24 bits per heavy atom. The summed E-state index contributed by atoms with van der Waals surface area (Å²) in [7, 11) is 1.75. The van der Waals surface area contributed by atoms with Gasteiger partial charge in [-0.2, -0.15) is 5.10 Å². The van der Waals surface area contributed by atoms with Gasteiger partial charge in [-0.05, 0) is 18.2 Å². The molecule has 0 radical (unpaired) electrons. The smallest absolute Gasteiger partial charge is 0.186 e. The number of aromatic nitrogens is 4. The van der Waals surface area contributed by atoms with E-state index in [-0.39, 0.29) is 5.52 Å². The van der Waals surface area contributed by atoms with Crippen LogP contribution in [0.3, 0.4) is 0 Å². The Morgan fingerprint density at radius 3 is 2.76 bits per heavy atom. The Kier molecular flexibility index (Phi) is 1.98. The van der Waals surface area contributed by atoms with E-state index < -0.39 is 11.6 Å². The summed E-state index contributed by atoms with van der Waals surface area (Å²) in [5.74, 6) is -1.38. The third-order valence-corrected chi connectivity index (χ3v) is 2.61. The minimum atomic E-state index is -0.938. The summed E-state index contributed by atoms with van der Waals surface area (Å²) in [6.45, 7) is 0. The molecule has 0 amide bonds. The van der Waals surface area contributed by atoms with Crippen molar-refractivity contribution in [3.63, 3.8) is 0 Å². The summed E-state index contributed by atoms with van der Waals surface area (Å²) in [5, 5.41) is 3.99. The van der Waals surface area contributed by atoms with Crippen molar-refractivity contribution in [3.8, 4) is 11.5 Å². The first-order valence-electron chi connectivity index (χ1n) is 4.99. The molecule has 0 saturated heterocycles. The zero-order valence-electron chi connectivity index (χ0n) is 8.91. The fraction of sp³-hybridized carbons (Fsp3) is 0.0909. The van der Waals surface area contributed by atoms with E-state index in [1.165, 1.54) is 6.07 Å². The number of aromatic amines is 1. The summed E-state index contributed by atoms with van der Waals surface area (Å²) in [6, 6.07) is 4.27. The van der Waals surface area contributed by atoms with E-state index in [2.05, 4.69) is 15.1 Å². The van der Waals surface area contributed by atoms with E-state index in [0.717, 1.165) is 6.07 Å². The van der Waals surface area contributed by atoms with Crippen molar-refractivity contribution in [2.45, 2.75) is 0 Å². The number of H-pyrrole nitrogens is 1. The van der Waals surface area contributed by atoms with Gasteiger partial charge in [-0.3, -0.25) is 4.68 Å². The second kappa shape index (κ2) is 3.38. The van der Waals surface area contributed by atoms with Crippen LogP contribution in [0.4, 0.5) is 8.78 Å². The number of imidazole rings is 1. The lowest BCUT2D eigenvalue weighted by atomic mass is 10.3. The third-order valence-electron chi connectivity index (χ3n) is 2.61. The molecule has 0 fully saturated rings. The van der Waals surface area contributed by atoms with Crippen LogP contribution >= 0.6 is 0 Å². The van der Waals surface area contributed by atoms with Crippen LogP contribution in [0.15, 0.2) is 24.4 Å². The maximum absolute atomic E-state index is 13.5. The van der Waals surface area contributed by atoms with Crippen LogP contribution in [0.25, 0.3) is 22.6 Å². The molecular formula is C11H8F2N4. The van der Waals surface area contributed by atoms with Crippen molar-refractivity contribution < 1.29 is 8.78 Å². The first-order chi connectivity index (χ1) is 8.16. The van der Waals surface area contributed by atoms with Crippen molar-refractivity contribution in [1.82, 2.24) is 19.7 Å². The molecule has 0 atom stereocenters. The molecule has 4 nitrogen and oxygen atoms in total. The Hall–Kier alpha value is -2.24. The molecule has 1 N–H and O–H groups in total. The van der Waals surface area contributed by atoms with Crippen molar-refractivity contribution in [3.05, 3.63) is 36.0 Å². The van der Waals surface area contributed by atoms with Crippen LogP contribution in [0, 0.1) is 11.6 Å². The predicted octanol–water partition coefficient (Wildman–Crippen LogP) is 2.24. The number of nitrogens with zero attached hydrogens (tertiary/aromatic N) is 3. The zero-order chi connectivity index (χ0) is 12.0. The second-order valence-corrected chi connectivity index (χ2v) is 3.68. The SMILES string of the molecule is Cn1nccc1-c1nc2c(F)c(F)ccc2[nH]1. The van der Waals surface area contributed by atoms with Gasteiger partial charge >= 0.3 is 0 Å². The van der Waals surface area contributed by atoms with E-state index in [1.54, 1.807) is 24.0 Å². The molecule has 86 valence electrons. The highest BCUT2D eigenvalue weighted by molar-refractivity contribution is 5.79. The topological polar surface area (TPSA) is 46.5 Å². The molecule has 0 spiro atoms. The van der Waals surface area contributed by atoms with Gasteiger partial charge < -0.3 is 4.98 Å². The van der Waals surface area contributed by atoms with Gasteiger partial charge in [-0.25, -0.2) is 13.8 Å². The fourth-order valence-corrected chi connectivity index (χ4v) is 1.74. The number of hydrogen-bond donors (Lipinski definition) is 1. The molecule has 0 unspecified atom stereocenters. The average Bonchev–Trinajstić information content (AvgIpc) is 2.89. The number of fused-ring (bicyclic) bond motifs is 1. The number of benzene rings is 1. The Morgan fingerprint density at radius 2 is 2.06 bits per heavy atom. The normalized spacial score (nSPS) is 11.2. The molecule has 2 aromatic heterocycles. The lowest BCUT2D eigenvalue weighted by Gasteiger charge is -1.95. The van der Waals surface area contributed by atoms with Crippen LogP contribution in [0.2, 0.25) is 0 Å². The monoisotopic (exact) mass is 234 g/mol. The molecule has 6 heteroatoms. The molecule has 0 aliphatic carbocycles. The quantitative estimate of drug-likeness (QED) is 0.701. The first kappa shape index (κ1) is 9.95. The van der Waals surface area contributed by atoms with Gasteiger partial charge in [0.15, 0.2) is 17.5 Å². The van der Waals surface area contributed by atoms with Gasteiger partial charge in [0.2, 0.25) is 0 Å². The summed E-state index contributed by atoms with van der Waals surface area (Å²) in [5.41, 5.74) is 1.17. The Bertz CT molecular complexity index is 699. The molecule has 2 heterocycles. The van der Waals surface area contributed by atoms with Gasteiger partial charge in [0, 0.05) is 13.2 Å². The highest BCUT2D eigenvalue weighted by atomic mass is 19.2. The highest BCUT2D eigenvalue weighted by Gasteiger charge is 2.14. The molecule has 17 heavy (non-hydrogen) atoms. The van der Waals surface area contributed by atoms with Crippen LogP contribution in [-0.4, -0.2) is 19.7 Å². The summed E-state index contributed by atoms with van der Waals surface area (Å²) in [4.78, 5) is 6.97. The maximum atomic E-state index is 13.5. The molecule has 3 rings (SSSR count). The zero-order valence-corrected chi connectivity index (χ0v) is 8.91. The summed E-state index contributed by atoms with van der Waals surface area (Å²) in [6.07, 6.45) is 1.61. The minimum absolute atomic E-state index is 0.00111. The molecule has 0 saturated carbocycles. The van der Waals surface area contributed by atoms with Gasteiger partial charge in [-0.1, -0.05) is 0 Å². The number of nitrogens with one attached hydrogen (secondary N) is 1. The van der Waals surface area contributed by atoms with Crippen molar-refractivity contribution in [2.75, 3.05) is 0 Å². The highest BCUT2D eigenvalue weighted by Crippen LogP contribution is 2.22. The Balaban J connectivity index is 2.27. The van der Waals surface area contributed by atoms with Crippen molar-refractivity contribution in [2.24, 2.45) is 7.05 Å². The number of aryl methyl sites for hydroxylation is 1. The van der Waals surface area contributed by atoms with Gasteiger partial charge in [0.05, 0.1) is 5.52 Å². The van der Waals surface area contributed by atoms with E-state index >= 15 is 0 Å². The first-order valence-corrected chi connectivity index (χ1v) is 4.99. The van der Waals surface area contributed by atoms with E-state index in [9.17, 15) is 8.78 Å². The number of rotatable bonds is 1. The largest absolute Gasteiger partial charge is 0.337 e. The van der Waals surface area contributed by atoms with Gasteiger partial charge in [0.1, 0.15) is 11.2 Å². The molecule has 0 aliphatic heterocycles. The minimum Gasteiger partial charge on any atom is -0.337 e. The van der Waals surface area contributed by atoms with E-state index in [4.69, 9.17) is 0 Å². The van der Waals surface area contributed by atoms with Crippen LogP contribution in [0.5, 0.6) is 0 Å². The summed E-state index contributed by atoms with van der Waals surface area (Å²) < 4.78 is 28.1. The van der Waals surface area contributed by atoms with E-state index in [1.807, 2.05) is 0 Å². The third kappa shape index (κ3) is 1.41. The predicted molar refractivity (Wildman–Crippen MR) is 58.2 cm³/mol. The van der Waals surface area contributed by atoms with Gasteiger partial charge in [0.25, 0.3) is 0 Å². The number of halogens is 2. The molecular weight excluding hydrogens is 226 g/mol.